The summed E-state index contributed by atoms with van der Waals surface area (Å²) in [5.41, 5.74) is 6.79. The number of ether oxygens (including phenoxy) is 3. The van der Waals surface area contributed by atoms with Crippen LogP contribution in [0.2, 0.25) is 0 Å². The molecule has 0 spiro atoms. The van der Waals surface area contributed by atoms with E-state index in [9.17, 15) is 24.3 Å². The van der Waals surface area contributed by atoms with Gasteiger partial charge in [0.25, 0.3) is 5.85 Å². The summed E-state index contributed by atoms with van der Waals surface area (Å²) in [6, 6.07) is 0. The third-order valence-electron chi connectivity index (χ3n) is 4.76. The van der Waals surface area contributed by atoms with E-state index in [-0.39, 0.29) is 25.5 Å². The largest absolute Gasteiger partial charge is 0.464 e. The highest BCUT2D eigenvalue weighted by atomic mass is 31.2. The summed E-state index contributed by atoms with van der Waals surface area (Å²) < 4.78 is 28.8. The Bertz CT molecular complexity index is 1010. The van der Waals surface area contributed by atoms with Crippen molar-refractivity contribution in [2.24, 2.45) is 5.92 Å². The lowest BCUT2D eigenvalue weighted by Gasteiger charge is -2.20. The second kappa shape index (κ2) is 9.77. The van der Waals surface area contributed by atoms with Gasteiger partial charge in [0, 0.05) is 12.8 Å². The smallest absolute Gasteiger partial charge is 0.365 e. The standard InChI is InChI=1S/C18H28N5O8P/c1-4-29-17(25)18(32(26,27)28)30-7-10-6-11(24)16(31-10)23-8-20-13-14(19)21-12(5-9(2)3)22-15(13)23/h8-11,16,18,24H,4-7H2,1-3H3,(H2,19,21,22)(H2,26,27,28)/t10-,11+,16+,18?/m0/s1. The molecule has 2 aromatic heterocycles. The summed E-state index contributed by atoms with van der Waals surface area (Å²) in [6.07, 6.45) is -0.477. The quantitative estimate of drug-likeness (QED) is 0.289. The zero-order valence-electron chi connectivity index (χ0n) is 18.0. The van der Waals surface area contributed by atoms with E-state index in [4.69, 9.17) is 15.2 Å². The molecule has 0 aromatic carbocycles. The van der Waals surface area contributed by atoms with Gasteiger partial charge >= 0.3 is 13.6 Å². The molecule has 5 N–H and O–H groups in total. The Kier molecular flexibility index (Phi) is 7.48. The molecular formula is C18H28N5O8P. The lowest BCUT2D eigenvalue weighted by Crippen LogP contribution is -2.30. The van der Waals surface area contributed by atoms with Gasteiger partial charge < -0.3 is 34.8 Å². The van der Waals surface area contributed by atoms with Crippen molar-refractivity contribution in [3.63, 3.8) is 0 Å². The Balaban J connectivity index is 1.76. The van der Waals surface area contributed by atoms with E-state index < -0.39 is 37.8 Å². The van der Waals surface area contributed by atoms with Crippen LogP contribution in [0.25, 0.3) is 11.2 Å². The molecule has 0 radical (unpaired) electrons. The minimum absolute atomic E-state index is 0.0586. The molecule has 2 aromatic rings. The van der Waals surface area contributed by atoms with Gasteiger partial charge in [-0.2, -0.15) is 0 Å². The number of hydrogen-bond donors (Lipinski definition) is 4. The molecule has 1 unspecified atom stereocenters. The molecule has 14 heteroatoms. The number of imidazole rings is 1. The zero-order valence-corrected chi connectivity index (χ0v) is 18.9. The number of nitrogens with zero attached hydrogens (tertiary/aromatic N) is 4. The maximum Gasteiger partial charge on any atom is 0.365 e. The Morgan fingerprint density at radius 3 is 2.75 bits per heavy atom. The number of carbonyl (C=O) groups is 1. The predicted octanol–water partition coefficient (Wildman–Crippen LogP) is 0.339. The molecule has 0 amide bonds. The van der Waals surface area contributed by atoms with Crippen LogP contribution in [0.4, 0.5) is 5.82 Å². The first-order valence-electron chi connectivity index (χ1n) is 10.2. The van der Waals surface area contributed by atoms with Gasteiger partial charge in [-0.1, -0.05) is 13.8 Å². The fourth-order valence-electron chi connectivity index (χ4n) is 3.43. The van der Waals surface area contributed by atoms with E-state index in [1.165, 1.54) is 17.8 Å². The molecule has 1 fully saturated rings. The molecule has 3 heterocycles. The molecule has 1 aliphatic heterocycles. The van der Waals surface area contributed by atoms with Crippen molar-refractivity contribution in [2.75, 3.05) is 18.9 Å². The topological polar surface area (TPSA) is 192 Å². The monoisotopic (exact) mass is 473 g/mol. The summed E-state index contributed by atoms with van der Waals surface area (Å²) in [4.78, 5) is 43.6. The number of aliphatic hydroxyl groups is 1. The number of aliphatic hydroxyl groups excluding tert-OH is 1. The van der Waals surface area contributed by atoms with E-state index in [1.807, 2.05) is 13.8 Å². The van der Waals surface area contributed by atoms with Crippen molar-refractivity contribution in [3.8, 4) is 0 Å². The molecular weight excluding hydrogens is 445 g/mol. The van der Waals surface area contributed by atoms with Crippen molar-refractivity contribution in [1.29, 1.82) is 0 Å². The summed E-state index contributed by atoms with van der Waals surface area (Å²) in [5, 5.41) is 10.5. The highest BCUT2D eigenvalue weighted by Crippen LogP contribution is 2.43. The number of anilines is 1. The number of rotatable bonds is 9. The summed E-state index contributed by atoms with van der Waals surface area (Å²) in [6.45, 7) is 5.16. The predicted molar refractivity (Wildman–Crippen MR) is 111 cm³/mol. The average molecular weight is 473 g/mol. The SMILES string of the molecule is CCOC(=O)C(OC[C@@H]1C[C@@H](O)[C@H](n2cnc3c(N)nc(CC(C)C)nc32)O1)P(=O)(O)O. The third kappa shape index (κ3) is 5.42. The van der Waals surface area contributed by atoms with Gasteiger partial charge in [-0.15, -0.1) is 0 Å². The van der Waals surface area contributed by atoms with E-state index in [0.717, 1.165) is 0 Å². The van der Waals surface area contributed by atoms with Crippen molar-refractivity contribution >= 4 is 30.5 Å². The third-order valence-corrected chi connectivity index (χ3v) is 5.73. The minimum atomic E-state index is -4.91. The van der Waals surface area contributed by atoms with Crippen LogP contribution in [-0.2, 0) is 30.0 Å². The molecule has 3 rings (SSSR count). The highest BCUT2D eigenvalue weighted by Gasteiger charge is 2.41. The van der Waals surface area contributed by atoms with Gasteiger partial charge in [0.15, 0.2) is 17.7 Å². The van der Waals surface area contributed by atoms with Crippen molar-refractivity contribution < 1.29 is 38.5 Å². The van der Waals surface area contributed by atoms with Crippen LogP contribution in [0.15, 0.2) is 6.33 Å². The van der Waals surface area contributed by atoms with E-state index in [0.29, 0.717) is 29.3 Å². The van der Waals surface area contributed by atoms with Crippen molar-refractivity contribution in [2.45, 2.75) is 57.9 Å². The second-order valence-electron chi connectivity index (χ2n) is 7.93. The highest BCUT2D eigenvalue weighted by molar-refractivity contribution is 7.53. The minimum Gasteiger partial charge on any atom is -0.464 e. The number of nitrogen functional groups attached to an aromatic ring is 1. The lowest BCUT2D eigenvalue weighted by molar-refractivity contribution is -0.154. The van der Waals surface area contributed by atoms with Crippen molar-refractivity contribution in [1.82, 2.24) is 19.5 Å². The Morgan fingerprint density at radius 2 is 2.12 bits per heavy atom. The number of carbonyl (C=O) groups excluding carboxylic acids is 1. The fraction of sp³-hybridized carbons (Fsp3) is 0.667. The normalized spacial score (nSPS) is 22.5. The number of esters is 1. The lowest BCUT2D eigenvalue weighted by atomic mass is 10.1. The summed E-state index contributed by atoms with van der Waals surface area (Å²) in [7, 11) is -4.91. The number of aromatic nitrogens is 4. The molecule has 178 valence electrons. The first-order chi connectivity index (χ1) is 15.0. The Labute approximate surface area is 184 Å². The zero-order chi connectivity index (χ0) is 23.6. The molecule has 0 aliphatic carbocycles. The molecule has 1 aliphatic rings. The van der Waals surface area contributed by atoms with E-state index in [1.54, 1.807) is 0 Å². The van der Waals surface area contributed by atoms with Crippen LogP contribution < -0.4 is 5.73 Å². The molecule has 1 saturated heterocycles. The second-order valence-corrected chi connectivity index (χ2v) is 9.57. The van der Waals surface area contributed by atoms with Gasteiger partial charge in [0.1, 0.15) is 17.4 Å². The number of fused-ring (bicyclic) bond motifs is 1. The molecule has 13 nitrogen and oxygen atoms in total. The van der Waals surface area contributed by atoms with Crippen LogP contribution >= 0.6 is 7.60 Å². The van der Waals surface area contributed by atoms with Gasteiger partial charge in [0.2, 0.25) is 0 Å². The maximum atomic E-state index is 11.8. The van der Waals surface area contributed by atoms with Crippen LogP contribution in [0.1, 0.15) is 39.2 Å². The summed E-state index contributed by atoms with van der Waals surface area (Å²) in [5.74, 6) is -2.17. The van der Waals surface area contributed by atoms with Crippen molar-refractivity contribution in [3.05, 3.63) is 12.2 Å². The molecule has 0 saturated carbocycles. The molecule has 32 heavy (non-hydrogen) atoms. The van der Waals surface area contributed by atoms with Crippen LogP contribution in [-0.4, -0.2) is 71.6 Å². The van der Waals surface area contributed by atoms with Crippen LogP contribution in [0.5, 0.6) is 0 Å². The first-order valence-corrected chi connectivity index (χ1v) is 11.8. The molecule has 4 atom stereocenters. The maximum absolute atomic E-state index is 11.8. The number of hydrogen-bond acceptors (Lipinski definition) is 10. The van der Waals surface area contributed by atoms with Gasteiger partial charge in [-0.05, 0) is 12.8 Å². The Morgan fingerprint density at radius 1 is 1.41 bits per heavy atom. The average Bonchev–Trinajstić information content (AvgIpc) is 3.23. The van der Waals surface area contributed by atoms with Gasteiger partial charge in [-0.25, -0.2) is 19.7 Å². The van der Waals surface area contributed by atoms with Crippen LogP contribution in [0.3, 0.4) is 0 Å². The Hall–Kier alpha value is -2.15. The number of nitrogens with two attached hydrogens (primary N) is 1. The first kappa shape index (κ1) is 24.5. The van der Waals surface area contributed by atoms with Gasteiger partial charge in [0.05, 0.1) is 25.6 Å². The van der Waals surface area contributed by atoms with E-state index >= 15 is 0 Å². The van der Waals surface area contributed by atoms with Gasteiger partial charge in [-0.3, -0.25) is 9.13 Å². The van der Waals surface area contributed by atoms with Crippen LogP contribution in [0, 0.1) is 5.92 Å². The molecule has 0 bridgehead atoms. The summed E-state index contributed by atoms with van der Waals surface area (Å²) >= 11 is 0. The fourth-order valence-corrected chi connectivity index (χ4v) is 4.06. The van der Waals surface area contributed by atoms with E-state index in [2.05, 4.69) is 19.7 Å².